The molecule has 23 heavy (non-hydrogen) atoms. The van der Waals surface area contributed by atoms with E-state index in [0.717, 1.165) is 0 Å². The number of ether oxygens (including phenoxy) is 1. The van der Waals surface area contributed by atoms with Crippen molar-refractivity contribution >= 4 is 42.2 Å². The number of aliphatic hydroxyl groups excluding tert-OH is 1. The van der Waals surface area contributed by atoms with Crippen LogP contribution in [-0.2, 0) is 13.8 Å². The van der Waals surface area contributed by atoms with Gasteiger partial charge < -0.3 is 19.6 Å². The Morgan fingerprint density at radius 3 is 2.87 bits per heavy atom. The van der Waals surface area contributed by atoms with E-state index in [1.54, 1.807) is 0 Å². The lowest BCUT2D eigenvalue weighted by Gasteiger charge is -2.16. The summed E-state index contributed by atoms with van der Waals surface area (Å²) in [4.78, 5) is 29.3. The minimum atomic E-state index is -4.64. The van der Waals surface area contributed by atoms with Crippen LogP contribution in [0.5, 0.6) is 0 Å². The smallest absolute Gasteiger partial charge is 0.390 e. The van der Waals surface area contributed by atoms with E-state index in [0.29, 0.717) is 11.2 Å². The molecule has 0 amide bonds. The molecule has 0 spiro atoms. The van der Waals surface area contributed by atoms with Gasteiger partial charge in [0, 0.05) is 6.42 Å². The fourth-order valence-corrected chi connectivity index (χ4v) is 3.04. The van der Waals surface area contributed by atoms with Crippen LogP contribution in [-0.4, -0.2) is 53.2 Å². The van der Waals surface area contributed by atoms with E-state index in [-0.39, 0.29) is 16.9 Å². The van der Waals surface area contributed by atoms with E-state index in [9.17, 15) is 9.67 Å². The van der Waals surface area contributed by atoms with Crippen LogP contribution in [0.2, 0.25) is 10.4 Å². The van der Waals surface area contributed by atoms with Gasteiger partial charge in [0.05, 0.1) is 19.0 Å². The molecule has 3 heterocycles. The topological polar surface area (TPSA) is 140 Å². The van der Waals surface area contributed by atoms with E-state index in [4.69, 9.17) is 37.7 Å². The van der Waals surface area contributed by atoms with Gasteiger partial charge in [-0.1, -0.05) is 11.6 Å². The van der Waals surface area contributed by atoms with E-state index in [1.165, 1.54) is 10.9 Å². The number of aromatic nitrogens is 4. The second-order valence-electron chi connectivity index (χ2n) is 4.83. The molecule has 0 radical (unpaired) electrons. The number of phosphoric ester groups is 1. The molecule has 1 aliphatic rings. The number of rotatable bonds is 4. The molecule has 1 aliphatic heterocycles. The lowest BCUT2D eigenvalue weighted by Crippen LogP contribution is -2.25. The van der Waals surface area contributed by atoms with Gasteiger partial charge in [-0.3, -0.25) is 9.09 Å². The van der Waals surface area contributed by atoms with Gasteiger partial charge in [-0.25, -0.2) is 14.5 Å². The molecule has 0 saturated carbocycles. The molecule has 10 nitrogen and oxygen atoms in total. The Bertz CT molecular complexity index is 782. The van der Waals surface area contributed by atoms with Gasteiger partial charge in [-0.2, -0.15) is 4.98 Å². The Kier molecular flexibility index (Phi) is 4.60. The summed E-state index contributed by atoms with van der Waals surface area (Å²) in [5.41, 5.74) is 0.646. The predicted octanol–water partition coefficient (Wildman–Crippen LogP) is 0.891. The maximum Gasteiger partial charge on any atom is 0.469 e. The monoisotopic (exact) mass is 384 g/mol. The van der Waals surface area contributed by atoms with Gasteiger partial charge in [-0.05, 0) is 11.6 Å². The number of hydrogen-bond acceptors (Lipinski definition) is 7. The summed E-state index contributed by atoms with van der Waals surface area (Å²) in [5, 5.41) is 9.98. The third-order valence-corrected chi connectivity index (χ3v) is 4.19. The predicted molar refractivity (Wildman–Crippen MR) is 77.9 cm³/mol. The van der Waals surface area contributed by atoms with Gasteiger partial charge in [-0.15, -0.1) is 0 Å². The largest absolute Gasteiger partial charge is 0.469 e. The van der Waals surface area contributed by atoms with Gasteiger partial charge in [0.25, 0.3) is 0 Å². The zero-order valence-electron chi connectivity index (χ0n) is 11.3. The number of fused-ring (bicyclic) bond motifs is 1. The second-order valence-corrected chi connectivity index (χ2v) is 6.76. The molecule has 3 N–H and O–H groups in total. The Labute approximate surface area is 139 Å². The Balaban J connectivity index is 1.82. The number of hydrogen-bond donors (Lipinski definition) is 3. The van der Waals surface area contributed by atoms with Crippen LogP contribution >= 0.6 is 31.0 Å². The average Bonchev–Trinajstić information content (AvgIpc) is 2.99. The van der Waals surface area contributed by atoms with Crippen molar-refractivity contribution in [3.63, 3.8) is 0 Å². The average molecular weight is 385 g/mol. The minimum Gasteiger partial charge on any atom is -0.390 e. The highest BCUT2D eigenvalue weighted by atomic mass is 35.5. The highest BCUT2D eigenvalue weighted by Gasteiger charge is 2.37. The molecule has 0 bridgehead atoms. The lowest BCUT2D eigenvalue weighted by molar-refractivity contribution is -0.0424. The molecule has 126 valence electrons. The Morgan fingerprint density at radius 2 is 2.17 bits per heavy atom. The highest BCUT2D eigenvalue weighted by molar-refractivity contribution is 7.46. The first-order chi connectivity index (χ1) is 10.7. The lowest BCUT2D eigenvalue weighted by atomic mass is 10.2. The first-order valence-electron chi connectivity index (χ1n) is 6.34. The first kappa shape index (κ1) is 17.0. The first-order valence-corrected chi connectivity index (χ1v) is 8.62. The fraction of sp³-hybridized carbons (Fsp3) is 0.500. The molecule has 3 atom stereocenters. The number of aliphatic hydroxyl groups is 1. The van der Waals surface area contributed by atoms with Crippen molar-refractivity contribution in [1.82, 2.24) is 19.5 Å². The minimum absolute atomic E-state index is 0.0656. The number of halogens is 2. The number of imidazole rings is 1. The molecule has 13 heteroatoms. The SMILES string of the molecule is O=P(O)(O)OC[C@H]1O[C@@H](n2cnc3c(Cl)nc(Cl)nc32)C[C@H]1O. The van der Waals surface area contributed by atoms with Crippen LogP contribution in [0.3, 0.4) is 0 Å². The van der Waals surface area contributed by atoms with Crippen molar-refractivity contribution in [2.75, 3.05) is 6.61 Å². The maximum atomic E-state index is 10.7. The molecule has 1 fully saturated rings. The van der Waals surface area contributed by atoms with Crippen molar-refractivity contribution < 1.29 is 28.7 Å². The van der Waals surface area contributed by atoms with Gasteiger partial charge in [0.1, 0.15) is 17.8 Å². The van der Waals surface area contributed by atoms with Crippen LogP contribution in [0, 0.1) is 0 Å². The molecular formula is C10H11Cl2N4O6P. The van der Waals surface area contributed by atoms with Crippen LogP contribution < -0.4 is 0 Å². The third kappa shape index (κ3) is 3.65. The molecule has 0 aliphatic carbocycles. The van der Waals surface area contributed by atoms with Crippen molar-refractivity contribution in [1.29, 1.82) is 0 Å². The number of nitrogens with zero attached hydrogens (tertiary/aromatic N) is 4. The van der Waals surface area contributed by atoms with Crippen LogP contribution in [0.4, 0.5) is 0 Å². The summed E-state index contributed by atoms with van der Waals surface area (Å²) in [6, 6.07) is 0. The van der Waals surface area contributed by atoms with Crippen LogP contribution in [0.15, 0.2) is 6.33 Å². The summed E-state index contributed by atoms with van der Waals surface area (Å²) in [5.74, 6) is 0. The molecule has 0 aromatic carbocycles. The van der Waals surface area contributed by atoms with E-state index < -0.39 is 32.9 Å². The summed E-state index contributed by atoms with van der Waals surface area (Å²) >= 11 is 11.7. The Morgan fingerprint density at radius 1 is 1.43 bits per heavy atom. The summed E-state index contributed by atoms with van der Waals surface area (Å²) in [7, 11) is -4.64. The van der Waals surface area contributed by atoms with Crippen LogP contribution in [0.25, 0.3) is 11.2 Å². The van der Waals surface area contributed by atoms with Crippen molar-refractivity contribution in [3.05, 3.63) is 16.8 Å². The van der Waals surface area contributed by atoms with Gasteiger partial charge in [0.15, 0.2) is 10.8 Å². The van der Waals surface area contributed by atoms with Crippen molar-refractivity contribution in [2.45, 2.75) is 24.9 Å². The standard InChI is InChI=1S/C10H11Cl2N4O6P/c11-8-7-9(15-10(12)14-8)16(3-13-7)6-1-4(17)5(22-6)2-21-23(18,19)20/h3-6,17H,1-2H2,(H2,18,19,20)/t4-,5-,6-/m1/s1. The van der Waals surface area contributed by atoms with Crippen molar-refractivity contribution in [3.8, 4) is 0 Å². The molecule has 0 unspecified atom stereocenters. The van der Waals surface area contributed by atoms with Gasteiger partial charge in [0.2, 0.25) is 5.28 Å². The fourth-order valence-electron chi connectivity index (χ4n) is 2.27. The Hall–Kier alpha value is -0.840. The molecule has 1 saturated heterocycles. The highest BCUT2D eigenvalue weighted by Crippen LogP contribution is 2.38. The zero-order valence-corrected chi connectivity index (χ0v) is 13.7. The van der Waals surface area contributed by atoms with E-state index in [2.05, 4.69) is 19.5 Å². The quantitative estimate of drug-likeness (QED) is 0.398. The third-order valence-electron chi connectivity index (χ3n) is 3.27. The summed E-state index contributed by atoms with van der Waals surface area (Å²) in [6.07, 6.45) is -0.984. The second kappa shape index (κ2) is 6.23. The molecule has 2 aromatic heterocycles. The number of phosphoric acid groups is 1. The molecular weight excluding hydrogens is 374 g/mol. The maximum absolute atomic E-state index is 10.7. The van der Waals surface area contributed by atoms with Crippen molar-refractivity contribution in [2.24, 2.45) is 0 Å². The van der Waals surface area contributed by atoms with Gasteiger partial charge >= 0.3 is 7.82 Å². The normalized spacial score (nSPS) is 25.3. The zero-order chi connectivity index (χ0) is 16.8. The summed E-state index contributed by atoms with van der Waals surface area (Å²) in [6.45, 7) is -0.453. The van der Waals surface area contributed by atoms with Crippen LogP contribution in [0.1, 0.15) is 12.6 Å². The molecule has 3 rings (SSSR count). The van der Waals surface area contributed by atoms with E-state index in [1.807, 2.05) is 0 Å². The summed E-state index contributed by atoms with van der Waals surface area (Å²) < 4.78 is 22.2. The van der Waals surface area contributed by atoms with E-state index >= 15 is 0 Å². The molecule has 2 aromatic rings.